The highest BCUT2D eigenvalue weighted by Crippen LogP contribution is 2.42. The van der Waals surface area contributed by atoms with Crippen LogP contribution in [0.25, 0.3) is 0 Å². The third-order valence-corrected chi connectivity index (χ3v) is 4.18. The average molecular weight is 185 g/mol. The lowest BCUT2D eigenvalue weighted by atomic mass is 9.69. The minimum absolute atomic E-state index is 0.492. The first-order valence-corrected chi connectivity index (χ1v) is 5.93. The molecule has 0 bridgehead atoms. The molecule has 1 nitrogen and oxygen atoms in total. The van der Waals surface area contributed by atoms with Gasteiger partial charge in [0.1, 0.15) is 0 Å². The molecule has 0 aliphatic heterocycles. The molecular weight excluding hydrogens is 165 g/mol. The Balaban J connectivity index is 1.87. The Labute approximate surface area is 77.7 Å². The van der Waals surface area contributed by atoms with Gasteiger partial charge in [0.2, 0.25) is 0 Å². The topological polar surface area (TPSA) is 26.0 Å². The Morgan fingerprint density at radius 1 is 1.00 bits per heavy atom. The van der Waals surface area contributed by atoms with Gasteiger partial charge in [-0.2, -0.15) is 0 Å². The van der Waals surface area contributed by atoms with Crippen LogP contribution in [0.2, 0.25) is 0 Å². The molecule has 2 saturated carbocycles. The van der Waals surface area contributed by atoms with Gasteiger partial charge in [-0.05, 0) is 36.8 Å². The van der Waals surface area contributed by atoms with Crippen LogP contribution in [0.3, 0.4) is 0 Å². The highest BCUT2D eigenvalue weighted by Gasteiger charge is 2.32. The van der Waals surface area contributed by atoms with Crippen LogP contribution in [0.15, 0.2) is 0 Å². The Bertz CT molecular complexity index is 146. The number of hydrogen-bond acceptors (Lipinski definition) is 1. The monoisotopic (exact) mass is 185 g/mol. The molecule has 2 aliphatic carbocycles. The zero-order valence-corrected chi connectivity index (χ0v) is 8.86. The van der Waals surface area contributed by atoms with E-state index in [2.05, 4.69) is 9.24 Å². The third-order valence-electron chi connectivity index (χ3n) is 3.63. The fourth-order valence-corrected chi connectivity index (χ4v) is 3.45. The number of rotatable bonds is 1. The van der Waals surface area contributed by atoms with Crippen LogP contribution >= 0.6 is 9.24 Å². The maximum atomic E-state index is 6.02. The van der Waals surface area contributed by atoms with Crippen LogP contribution < -0.4 is 5.73 Å². The van der Waals surface area contributed by atoms with Crippen molar-refractivity contribution >= 4 is 9.24 Å². The summed E-state index contributed by atoms with van der Waals surface area (Å²) in [5.74, 6) is 2.00. The maximum Gasteiger partial charge on any atom is 0.00474 e. The van der Waals surface area contributed by atoms with E-state index in [0.29, 0.717) is 6.04 Å². The van der Waals surface area contributed by atoms with Crippen molar-refractivity contribution in [2.45, 2.75) is 50.2 Å². The lowest BCUT2D eigenvalue weighted by molar-refractivity contribution is 0.154. The number of nitrogens with two attached hydrogens (primary N) is 1. The van der Waals surface area contributed by atoms with Gasteiger partial charge in [-0.25, -0.2) is 0 Å². The van der Waals surface area contributed by atoms with E-state index in [1.54, 1.807) is 0 Å². The molecule has 4 atom stereocenters. The number of hydrogen-bond donors (Lipinski definition) is 1. The normalized spacial score (nSPS) is 44.0. The van der Waals surface area contributed by atoms with Gasteiger partial charge < -0.3 is 5.73 Å². The Kier molecular flexibility index (Phi) is 2.72. The van der Waals surface area contributed by atoms with Gasteiger partial charge in [-0.1, -0.05) is 19.3 Å². The summed E-state index contributed by atoms with van der Waals surface area (Å²) in [6.45, 7) is 0. The Morgan fingerprint density at radius 3 is 2.25 bits per heavy atom. The largest absolute Gasteiger partial charge is 0.328 e. The molecule has 0 aromatic carbocycles. The van der Waals surface area contributed by atoms with Gasteiger partial charge in [0.15, 0.2) is 0 Å². The van der Waals surface area contributed by atoms with Crippen molar-refractivity contribution in [2.24, 2.45) is 17.6 Å². The molecule has 12 heavy (non-hydrogen) atoms. The van der Waals surface area contributed by atoms with Gasteiger partial charge in [0, 0.05) is 6.04 Å². The molecule has 70 valence electrons. The minimum atomic E-state index is 0.492. The molecule has 4 unspecified atom stereocenters. The summed E-state index contributed by atoms with van der Waals surface area (Å²) in [5.41, 5.74) is 6.82. The third kappa shape index (κ3) is 1.83. The van der Waals surface area contributed by atoms with E-state index in [1.165, 1.54) is 38.5 Å². The lowest BCUT2D eigenvalue weighted by Gasteiger charge is -2.40. The van der Waals surface area contributed by atoms with Crippen LogP contribution in [0, 0.1) is 11.8 Å². The van der Waals surface area contributed by atoms with Crippen molar-refractivity contribution in [3.05, 3.63) is 0 Å². The first kappa shape index (κ1) is 8.97. The molecule has 0 aromatic rings. The van der Waals surface area contributed by atoms with Crippen LogP contribution in [0.5, 0.6) is 0 Å². The zero-order valence-electron chi connectivity index (χ0n) is 7.71. The fraction of sp³-hybridized carbons (Fsp3) is 1.00. The first-order valence-electron chi connectivity index (χ1n) is 5.27. The second kappa shape index (κ2) is 3.64. The van der Waals surface area contributed by atoms with Gasteiger partial charge in [-0.3, -0.25) is 0 Å². The Hall–Kier alpha value is 0.390. The van der Waals surface area contributed by atoms with Crippen molar-refractivity contribution in [1.29, 1.82) is 0 Å². The van der Waals surface area contributed by atoms with E-state index >= 15 is 0 Å². The summed E-state index contributed by atoms with van der Waals surface area (Å²) in [5, 5.41) is 0. The quantitative estimate of drug-likeness (QED) is 0.622. The van der Waals surface area contributed by atoms with E-state index in [4.69, 9.17) is 5.73 Å². The van der Waals surface area contributed by atoms with E-state index in [9.17, 15) is 0 Å². The van der Waals surface area contributed by atoms with Gasteiger partial charge in [0.25, 0.3) is 0 Å². The Morgan fingerprint density at radius 2 is 1.75 bits per heavy atom. The highest BCUT2D eigenvalue weighted by molar-refractivity contribution is 7.17. The van der Waals surface area contributed by atoms with Crippen LogP contribution in [-0.4, -0.2) is 11.7 Å². The first-order chi connectivity index (χ1) is 5.75. The lowest BCUT2D eigenvalue weighted by Crippen LogP contribution is -2.37. The second-order valence-corrected chi connectivity index (χ2v) is 5.62. The van der Waals surface area contributed by atoms with Crippen LogP contribution in [0.1, 0.15) is 38.5 Å². The molecular formula is C10H20NP. The molecule has 2 fully saturated rings. The van der Waals surface area contributed by atoms with Crippen molar-refractivity contribution in [2.75, 3.05) is 0 Å². The summed E-state index contributed by atoms with van der Waals surface area (Å²) in [7, 11) is 2.96. The van der Waals surface area contributed by atoms with Gasteiger partial charge >= 0.3 is 0 Å². The minimum Gasteiger partial charge on any atom is -0.328 e. The molecule has 2 aliphatic rings. The second-order valence-electron chi connectivity index (χ2n) is 4.68. The molecule has 0 heterocycles. The van der Waals surface area contributed by atoms with E-state index in [-0.39, 0.29) is 0 Å². The summed E-state index contributed by atoms with van der Waals surface area (Å²) >= 11 is 0. The zero-order chi connectivity index (χ0) is 8.55. The standard InChI is InChI=1S/C10H20NP/c11-9-4-8(5-10(12)6-9)7-2-1-3-7/h7-10H,1-6,11-12H2. The van der Waals surface area contributed by atoms with Crippen molar-refractivity contribution in [3.8, 4) is 0 Å². The fourth-order valence-electron chi connectivity index (χ4n) is 2.75. The maximum absolute atomic E-state index is 6.02. The SMILES string of the molecule is NC1CC(P)CC(C2CCC2)C1. The predicted molar refractivity (Wildman–Crippen MR) is 56.2 cm³/mol. The molecule has 2 heteroatoms. The van der Waals surface area contributed by atoms with Crippen molar-refractivity contribution in [3.63, 3.8) is 0 Å². The van der Waals surface area contributed by atoms with Crippen molar-refractivity contribution < 1.29 is 0 Å². The van der Waals surface area contributed by atoms with Crippen LogP contribution in [0.4, 0.5) is 0 Å². The summed E-state index contributed by atoms with van der Waals surface area (Å²) in [4.78, 5) is 0. The molecule has 0 amide bonds. The van der Waals surface area contributed by atoms with Gasteiger partial charge in [-0.15, -0.1) is 9.24 Å². The van der Waals surface area contributed by atoms with E-state index in [1.807, 2.05) is 0 Å². The molecule has 0 spiro atoms. The summed E-state index contributed by atoms with van der Waals surface area (Å²) in [6, 6.07) is 0.492. The summed E-state index contributed by atoms with van der Waals surface area (Å²) in [6.07, 6.45) is 8.38. The van der Waals surface area contributed by atoms with E-state index < -0.39 is 0 Å². The predicted octanol–water partition coefficient (Wildman–Crippen LogP) is 2.16. The van der Waals surface area contributed by atoms with Crippen molar-refractivity contribution in [1.82, 2.24) is 0 Å². The molecule has 0 radical (unpaired) electrons. The van der Waals surface area contributed by atoms with Gasteiger partial charge in [0.05, 0.1) is 0 Å². The van der Waals surface area contributed by atoms with Crippen LogP contribution in [-0.2, 0) is 0 Å². The molecule has 0 saturated heterocycles. The molecule has 0 aromatic heterocycles. The highest BCUT2D eigenvalue weighted by atomic mass is 31.0. The van der Waals surface area contributed by atoms with E-state index in [0.717, 1.165) is 17.5 Å². The average Bonchev–Trinajstić information content (AvgIpc) is 1.79. The smallest absolute Gasteiger partial charge is 0.00474 e. The molecule has 2 rings (SSSR count). The molecule has 2 N–H and O–H groups in total. The summed E-state index contributed by atoms with van der Waals surface area (Å²) < 4.78 is 0.